The van der Waals surface area contributed by atoms with E-state index in [0.717, 1.165) is 0 Å². The topological polar surface area (TPSA) is 240 Å². The maximum atomic E-state index is 13.2. The number of carbonyl (C=O) groups excluding carboxylic acids is 5. The Kier molecular flexibility index (Phi) is 12.5. The van der Waals surface area contributed by atoms with Crippen LogP contribution in [0.1, 0.15) is 44.9 Å². The van der Waals surface area contributed by atoms with Crippen LogP contribution in [0.15, 0.2) is 0 Å². The van der Waals surface area contributed by atoms with E-state index >= 15 is 0 Å². The SMILES string of the molecule is NCCCC[C@H](NC(=O)CN)C(=O)N[C@@H](CCC(N)=O)C(=O)N1CCC[C@H]1C(=O)NCC(=O)O. The normalized spacial score (nSPS) is 16.9. The van der Waals surface area contributed by atoms with Crippen molar-refractivity contribution in [2.75, 3.05) is 26.2 Å². The minimum absolute atomic E-state index is 0.111. The second-order valence-electron chi connectivity index (χ2n) is 7.98. The van der Waals surface area contributed by atoms with E-state index in [9.17, 15) is 28.8 Å². The van der Waals surface area contributed by atoms with Crippen LogP contribution in [0.25, 0.3) is 0 Å². The molecule has 1 heterocycles. The molecule has 1 aliphatic rings. The van der Waals surface area contributed by atoms with Crippen molar-refractivity contribution >= 4 is 35.5 Å². The summed E-state index contributed by atoms with van der Waals surface area (Å²) in [4.78, 5) is 73.6. The number of likely N-dealkylation sites (tertiary alicyclic amines) is 1. The maximum Gasteiger partial charge on any atom is 0.322 e. The predicted octanol–water partition coefficient (Wildman–Crippen LogP) is -3.50. The van der Waals surface area contributed by atoms with Crippen LogP contribution in [0.2, 0.25) is 0 Å². The fourth-order valence-electron chi connectivity index (χ4n) is 3.61. The molecule has 10 N–H and O–H groups in total. The van der Waals surface area contributed by atoms with Crippen molar-refractivity contribution in [3.8, 4) is 0 Å². The third-order valence-electron chi connectivity index (χ3n) is 5.33. The molecule has 1 saturated heterocycles. The minimum atomic E-state index is -1.23. The number of hydrogen-bond donors (Lipinski definition) is 7. The lowest BCUT2D eigenvalue weighted by Crippen LogP contribution is -2.57. The zero-order valence-electron chi connectivity index (χ0n) is 19.1. The van der Waals surface area contributed by atoms with Gasteiger partial charge < -0.3 is 43.2 Å². The number of hydrogen-bond acceptors (Lipinski definition) is 8. The second kappa shape index (κ2) is 14.8. The molecule has 0 bridgehead atoms. The highest BCUT2D eigenvalue weighted by Gasteiger charge is 2.38. The van der Waals surface area contributed by atoms with E-state index in [0.29, 0.717) is 32.2 Å². The van der Waals surface area contributed by atoms with Gasteiger partial charge in [-0.15, -0.1) is 0 Å². The van der Waals surface area contributed by atoms with Gasteiger partial charge in [0.15, 0.2) is 0 Å². The molecule has 34 heavy (non-hydrogen) atoms. The lowest BCUT2D eigenvalue weighted by atomic mass is 10.1. The fraction of sp³-hybridized carbons (Fsp3) is 0.700. The Morgan fingerprint density at radius 1 is 1.00 bits per heavy atom. The summed E-state index contributed by atoms with van der Waals surface area (Å²) in [6.07, 6.45) is 1.93. The number of amides is 5. The van der Waals surface area contributed by atoms with Gasteiger partial charge >= 0.3 is 5.97 Å². The van der Waals surface area contributed by atoms with E-state index in [1.165, 1.54) is 4.90 Å². The summed E-state index contributed by atoms with van der Waals surface area (Å²) in [6.45, 7) is -0.300. The predicted molar refractivity (Wildman–Crippen MR) is 120 cm³/mol. The van der Waals surface area contributed by atoms with Crippen molar-refractivity contribution < 1.29 is 33.9 Å². The summed E-state index contributed by atoms with van der Waals surface area (Å²) in [6, 6.07) is -3.06. The van der Waals surface area contributed by atoms with Gasteiger partial charge in [-0.3, -0.25) is 28.8 Å². The fourth-order valence-corrected chi connectivity index (χ4v) is 3.61. The average molecular weight is 486 g/mol. The molecule has 14 heteroatoms. The molecule has 0 aromatic rings. The van der Waals surface area contributed by atoms with E-state index in [1.54, 1.807) is 0 Å². The lowest BCUT2D eigenvalue weighted by Gasteiger charge is -2.29. The minimum Gasteiger partial charge on any atom is -0.480 e. The van der Waals surface area contributed by atoms with Crippen LogP contribution in [0.5, 0.6) is 0 Å². The number of carbonyl (C=O) groups is 6. The van der Waals surface area contributed by atoms with Gasteiger partial charge in [-0.05, 0) is 45.1 Å². The van der Waals surface area contributed by atoms with Gasteiger partial charge in [-0.1, -0.05) is 0 Å². The van der Waals surface area contributed by atoms with Crippen molar-refractivity contribution in [3.63, 3.8) is 0 Å². The number of aliphatic carboxylic acids is 1. The zero-order valence-corrected chi connectivity index (χ0v) is 19.1. The molecule has 0 spiro atoms. The molecule has 0 aliphatic carbocycles. The monoisotopic (exact) mass is 485 g/mol. The van der Waals surface area contributed by atoms with Crippen molar-refractivity contribution in [1.82, 2.24) is 20.9 Å². The second-order valence-corrected chi connectivity index (χ2v) is 7.98. The smallest absolute Gasteiger partial charge is 0.322 e. The van der Waals surface area contributed by atoms with Crippen LogP contribution in [0.4, 0.5) is 0 Å². The van der Waals surface area contributed by atoms with Crippen LogP contribution < -0.4 is 33.2 Å². The van der Waals surface area contributed by atoms with Gasteiger partial charge in [0.05, 0.1) is 6.54 Å². The average Bonchev–Trinajstić information content (AvgIpc) is 3.28. The van der Waals surface area contributed by atoms with Crippen molar-refractivity contribution in [3.05, 3.63) is 0 Å². The standard InChI is InChI=1S/C20H35N7O7/c21-8-2-1-4-12(25-16(29)10-22)18(32)26-13(6-7-15(23)28)20(34)27-9-3-5-14(27)19(33)24-11-17(30)31/h12-14H,1-11,21-22H2,(H2,23,28)(H,24,33)(H,25,29)(H,26,32)(H,30,31)/t12-,13-,14-/m0/s1. The summed E-state index contributed by atoms with van der Waals surface area (Å²) in [5.74, 6) is -4.33. The Bertz CT molecular complexity index is 762. The molecule has 192 valence electrons. The number of nitrogens with one attached hydrogen (secondary N) is 3. The van der Waals surface area contributed by atoms with Crippen LogP contribution in [0.3, 0.4) is 0 Å². The molecule has 5 amide bonds. The van der Waals surface area contributed by atoms with Gasteiger partial charge in [-0.2, -0.15) is 0 Å². The highest BCUT2D eigenvalue weighted by Crippen LogP contribution is 2.20. The summed E-state index contributed by atoms with van der Waals surface area (Å²) < 4.78 is 0. The molecule has 1 aliphatic heterocycles. The molecule has 0 aromatic heterocycles. The quantitative estimate of drug-likeness (QED) is 0.114. The van der Waals surface area contributed by atoms with Gasteiger partial charge in [0.2, 0.25) is 29.5 Å². The highest BCUT2D eigenvalue weighted by molar-refractivity contribution is 5.95. The third kappa shape index (κ3) is 9.70. The first-order valence-corrected chi connectivity index (χ1v) is 11.2. The van der Waals surface area contributed by atoms with Gasteiger partial charge in [0, 0.05) is 13.0 Å². The van der Waals surface area contributed by atoms with Crippen molar-refractivity contribution in [2.45, 2.75) is 63.1 Å². The zero-order chi connectivity index (χ0) is 25.7. The van der Waals surface area contributed by atoms with E-state index in [-0.39, 0.29) is 32.4 Å². The number of carboxylic acid groups (broad SMARTS) is 1. The molecule has 0 unspecified atom stereocenters. The van der Waals surface area contributed by atoms with Crippen LogP contribution in [0, 0.1) is 0 Å². The number of carboxylic acids is 1. The molecule has 3 atom stereocenters. The van der Waals surface area contributed by atoms with E-state index < -0.39 is 60.2 Å². The Morgan fingerprint density at radius 2 is 1.71 bits per heavy atom. The molecule has 0 aromatic carbocycles. The van der Waals surface area contributed by atoms with Gasteiger partial charge in [0.25, 0.3) is 0 Å². The Morgan fingerprint density at radius 3 is 2.29 bits per heavy atom. The van der Waals surface area contributed by atoms with Crippen LogP contribution in [-0.4, -0.2) is 89.8 Å². The first-order chi connectivity index (χ1) is 16.1. The van der Waals surface area contributed by atoms with Crippen molar-refractivity contribution in [2.24, 2.45) is 17.2 Å². The summed E-state index contributed by atoms with van der Waals surface area (Å²) in [5.41, 5.74) is 16.0. The van der Waals surface area contributed by atoms with Crippen LogP contribution >= 0.6 is 0 Å². The number of nitrogens with two attached hydrogens (primary N) is 3. The number of primary amides is 1. The highest BCUT2D eigenvalue weighted by atomic mass is 16.4. The van der Waals surface area contributed by atoms with Crippen LogP contribution in [-0.2, 0) is 28.8 Å². The molecule has 1 fully saturated rings. The van der Waals surface area contributed by atoms with Gasteiger partial charge in [-0.25, -0.2) is 0 Å². The summed E-state index contributed by atoms with van der Waals surface area (Å²) >= 11 is 0. The lowest BCUT2D eigenvalue weighted by molar-refractivity contribution is -0.143. The van der Waals surface area contributed by atoms with Crippen molar-refractivity contribution in [1.29, 1.82) is 0 Å². The molecular weight excluding hydrogens is 450 g/mol. The number of rotatable bonds is 15. The van der Waals surface area contributed by atoms with E-state index in [4.69, 9.17) is 22.3 Å². The summed E-state index contributed by atoms with van der Waals surface area (Å²) in [7, 11) is 0. The van der Waals surface area contributed by atoms with E-state index in [1.807, 2.05) is 0 Å². The first-order valence-electron chi connectivity index (χ1n) is 11.2. The Balaban J connectivity index is 2.99. The first kappa shape index (κ1) is 28.8. The van der Waals surface area contributed by atoms with E-state index in [2.05, 4.69) is 16.0 Å². The Hall–Kier alpha value is -3.26. The largest absolute Gasteiger partial charge is 0.480 e. The maximum absolute atomic E-state index is 13.2. The molecule has 0 radical (unpaired) electrons. The Labute approximate surface area is 197 Å². The van der Waals surface area contributed by atoms with Gasteiger partial charge in [0.1, 0.15) is 24.7 Å². The molecule has 1 rings (SSSR count). The molecule has 0 saturated carbocycles. The number of unbranched alkanes of at least 4 members (excludes halogenated alkanes) is 1. The number of nitrogens with zero attached hydrogens (tertiary/aromatic N) is 1. The molecular formula is C20H35N7O7. The summed E-state index contributed by atoms with van der Waals surface area (Å²) in [5, 5.41) is 16.1. The third-order valence-corrected chi connectivity index (χ3v) is 5.33. The molecule has 14 nitrogen and oxygen atoms in total.